The third kappa shape index (κ3) is 3.27. The van der Waals surface area contributed by atoms with Gasteiger partial charge >= 0.3 is 0 Å². The van der Waals surface area contributed by atoms with Crippen molar-refractivity contribution < 1.29 is 4.74 Å². The minimum Gasteiger partial charge on any atom is -0.496 e. The highest BCUT2D eigenvalue weighted by Crippen LogP contribution is 2.40. The van der Waals surface area contributed by atoms with E-state index in [9.17, 15) is 0 Å². The van der Waals surface area contributed by atoms with Gasteiger partial charge in [-0.25, -0.2) is 0 Å². The van der Waals surface area contributed by atoms with Gasteiger partial charge in [0.2, 0.25) is 0 Å². The summed E-state index contributed by atoms with van der Waals surface area (Å²) in [6.07, 6.45) is 2.40. The van der Waals surface area contributed by atoms with Crippen LogP contribution in [0.1, 0.15) is 35.4 Å². The van der Waals surface area contributed by atoms with Crippen LogP contribution in [0.5, 0.6) is 5.75 Å². The van der Waals surface area contributed by atoms with Crippen LogP contribution in [0.25, 0.3) is 0 Å². The van der Waals surface area contributed by atoms with Crippen molar-refractivity contribution in [2.24, 2.45) is 0 Å². The molecule has 0 amide bonds. The first-order valence-corrected chi connectivity index (χ1v) is 7.68. The Morgan fingerprint density at radius 3 is 2.48 bits per heavy atom. The lowest BCUT2D eigenvalue weighted by Gasteiger charge is -2.37. The summed E-state index contributed by atoms with van der Waals surface area (Å²) in [4.78, 5) is 0. The third-order valence-corrected chi connectivity index (χ3v) is 4.43. The summed E-state index contributed by atoms with van der Waals surface area (Å²) in [5.74, 6) is 1.66. The fourth-order valence-corrected chi connectivity index (χ4v) is 3.01. The number of methoxy groups -OCH3 is 1. The van der Waals surface area contributed by atoms with Gasteiger partial charge in [-0.3, -0.25) is 0 Å². The van der Waals surface area contributed by atoms with Gasteiger partial charge in [0.1, 0.15) is 5.75 Å². The summed E-state index contributed by atoms with van der Waals surface area (Å²) in [6.45, 7) is 3.09. The predicted molar refractivity (Wildman–Crippen MR) is 86.8 cm³/mol. The summed E-state index contributed by atoms with van der Waals surface area (Å²) in [7, 11) is 1.75. The number of benzene rings is 2. The van der Waals surface area contributed by atoms with Crippen LogP contribution in [-0.2, 0) is 6.54 Å². The highest BCUT2D eigenvalue weighted by atomic mass is 16.5. The molecule has 1 N–H and O–H groups in total. The Balaban J connectivity index is 1.50. The monoisotopic (exact) mass is 281 g/mol. The lowest BCUT2D eigenvalue weighted by Crippen LogP contribution is -2.39. The number of hydrogen-bond donors (Lipinski definition) is 1. The molecule has 1 aliphatic carbocycles. The van der Waals surface area contributed by atoms with Crippen LogP contribution < -0.4 is 10.1 Å². The Kier molecular flexibility index (Phi) is 4.26. The van der Waals surface area contributed by atoms with Gasteiger partial charge in [-0.05, 0) is 42.9 Å². The third-order valence-electron chi connectivity index (χ3n) is 4.43. The molecular formula is C19H23NO. The van der Waals surface area contributed by atoms with E-state index in [1.54, 1.807) is 7.11 Å². The van der Waals surface area contributed by atoms with Crippen LogP contribution >= 0.6 is 0 Å². The number of nitrogens with one attached hydrogen (secondary N) is 1. The number of aryl methyl sites for hydroxylation is 1. The first kappa shape index (κ1) is 14.2. The lowest BCUT2D eigenvalue weighted by molar-refractivity contribution is 0.282. The lowest BCUT2D eigenvalue weighted by atomic mass is 9.75. The van der Waals surface area contributed by atoms with Gasteiger partial charge in [0.25, 0.3) is 0 Å². The van der Waals surface area contributed by atoms with Crippen LogP contribution in [-0.4, -0.2) is 13.2 Å². The molecule has 2 aromatic rings. The van der Waals surface area contributed by atoms with E-state index < -0.39 is 0 Å². The van der Waals surface area contributed by atoms with Gasteiger partial charge in [0.05, 0.1) is 7.11 Å². The Morgan fingerprint density at radius 1 is 1.05 bits per heavy atom. The fraction of sp³-hybridized carbons (Fsp3) is 0.368. The number of hydrogen-bond acceptors (Lipinski definition) is 2. The molecule has 1 saturated carbocycles. The summed E-state index contributed by atoms with van der Waals surface area (Å²) in [5, 5.41) is 3.65. The normalized spacial score (nSPS) is 20.9. The van der Waals surface area contributed by atoms with E-state index in [0.717, 1.165) is 12.3 Å². The molecule has 2 aromatic carbocycles. The van der Waals surface area contributed by atoms with Gasteiger partial charge < -0.3 is 10.1 Å². The predicted octanol–water partition coefficient (Wildman–Crippen LogP) is 4.04. The maximum atomic E-state index is 5.46. The Labute approximate surface area is 127 Å². The SMILES string of the molecule is COc1ccccc1C1CC(NCc2ccc(C)cc2)C1. The minimum atomic E-state index is 0.626. The molecule has 0 radical (unpaired) electrons. The topological polar surface area (TPSA) is 21.3 Å². The molecule has 21 heavy (non-hydrogen) atoms. The molecule has 0 heterocycles. The van der Waals surface area contributed by atoms with E-state index >= 15 is 0 Å². The maximum Gasteiger partial charge on any atom is 0.122 e. The molecule has 2 heteroatoms. The maximum absolute atomic E-state index is 5.46. The highest BCUT2D eigenvalue weighted by Gasteiger charge is 2.31. The number of ether oxygens (including phenoxy) is 1. The fourth-order valence-electron chi connectivity index (χ4n) is 3.01. The number of para-hydroxylation sites is 1. The summed E-state index contributed by atoms with van der Waals surface area (Å²) in [5.41, 5.74) is 4.04. The zero-order valence-electron chi connectivity index (χ0n) is 12.8. The van der Waals surface area contributed by atoms with Crippen LogP contribution in [0, 0.1) is 6.92 Å². The first-order valence-electron chi connectivity index (χ1n) is 7.68. The molecule has 0 atom stereocenters. The van der Waals surface area contributed by atoms with Crippen molar-refractivity contribution in [2.75, 3.05) is 7.11 Å². The van der Waals surface area contributed by atoms with Gasteiger partial charge in [-0.15, -0.1) is 0 Å². The smallest absolute Gasteiger partial charge is 0.122 e. The van der Waals surface area contributed by atoms with Crippen LogP contribution in [0.2, 0.25) is 0 Å². The largest absolute Gasteiger partial charge is 0.496 e. The van der Waals surface area contributed by atoms with Crippen LogP contribution in [0.15, 0.2) is 48.5 Å². The van der Waals surface area contributed by atoms with Gasteiger partial charge in [0, 0.05) is 12.6 Å². The molecule has 3 rings (SSSR count). The molecular weight excluding hydrogens is 258 g/mol. The zero-order chi connectivity index (χ0) is 14.7. The second-order valence-electron chi connectivity index (χ2n) is 5.97. The van der Waals surface area contributed by atoms with Crippen molar-refractivity contribution in [3.8, 4) is 5.75 Å². The second kappa shape index (κ2) is 6.31. The van der Waals surface area contributed by atoms with E-state index in [1.165, 1.54) is 29.5 Å². The van der Waals surface area contributed by atoms with E-state index in [-0.39, 0.29) is 0 Å². The summed E-state index contributed by atoms with van der Waals surface area (Å²) in [6, 6.07) is 17.8. The Morgan fingerprint density at radius 2 is 1.76 bits per heavy atom. The van der Waals surface area contributed by atoms with Gasteiger partial charge in [-0.1, -0.05) is 48.0 Å². The molecule has 1 aliphatic rings. The minimum absolute atomic E-state index is 0.626. The van der Waals surface area contributed by atoms with Crippen molar-refractivity contribution >= 4 is 0 Å². The first-order chi connectivity index (χ1) is 10.3. The highest BCUT2D eigenvalue weighted by molar-refractivity contribution is 5.37. The molecule has 0 spiro atoms. The van der Waals surface area contributed by atoms with Crippen molar-refractivity contribution in [3.05, 3.63) is 65.2 Å². The Hall–Kier alpha value is -1.80. The second-order valence-corrected chi connectivity index (χ2v) is 5.97. The average Bonchev–Trinajstić information content (AvgIpc) is 2.48. The zero-order valence-corrected chi connectivity index (χ0v) is 12.8. The molecule has 0 unspecified atom stereocenters. The summed E-state index contributed by atoms with van der Waals surface area (Å²) < 4.78 is 5.46. The number of rotatable bonds is 5. The molecule has 0 bridgehead atoms. The van der Waals surface area contributed by atoms with Crippen molar-refractivity contribution in [2.45, 2.75) is 38.3 Å². The quantitative estimate of drug-likeness (QED) is 0.893. The van der Waals surface area contributed by atoms with E-state index in [1.807, 2.05) is 6.07 Å². The summed E-state index contributed by atoms with van der Waals surface area (Å²) >= 11 is 0. The standard InChI is InChI=1S/C19H23NO/c1-14-7-9-15(10-8-14)13-20-17-11-16(12-17)18-5-3-4-6-19(18)21-2/h3-10,16-17,20H,11-13H2,1-2H3. The van der Waals surface area contributed by atoms with Crippen LogP contribution in [0.4, 0.5) is 0 Å². The van der Waals surface area contributed by atoms with Crippen molar-refractivity contribution in [1.82, 2.24) is 5.32 Å². The molecule has 0 saturated heterocycles. The van der Waals surface area contributed by atoms with Gasteiger partial charge in [-0.2, -0.15) is 0 Å². The molecule has 0 aromatic heterocycles. The van der Waals surface area contributed by atoms with E-state index in [0.29, 0.717) is 12.0 Å². The Bertz CT molecular complexity index is 585. The molecule has 110 valence electrons. The van der Waals surface area contributed by atoms with Crippen molar-refractivity contribution in [1.29, 1.82) is 0 Å². The van der Waals surface area contributed by atoms with Crippen LogP contribution in [0.3, 0.4) is 0 Å². The van der Waals surface area contributed by atoms with Gasteiger partial charge in [0.15, 0.2) is 0 Å². The molecule has 1 fully saturated rings. The molecule has 2 nitrogen and oxygen atoms in total. The molecule has 0 aliphatic heterocycles. The average molecular weight is 281 g/mol. The van der Waals surface area contributed by atoms with E-state index in [4.69, 9.17) is 4.74 Å². The van der Waals surface area contributed by atoms with Crippen molar-refractivity contribution in [3.63, 3.8) is 0 Å². The van der Waals surface area contributed by atoms with E-state index in [2.05, 4.69) is 54.7 Å².